The van der Waals surface area contributed by atoms with Crippen LogP contribution in [-0.4, -0.2) is 66.9 Å². The van der Waals surface area contributed by atoms with Crippen molar-refractivity contribution in [1.29, 1.82) is 0 Å². The second-order valence-electron chi connectivity index (χ2n) is 10.3. The molecule has 1 heterocycles. The van der Waals surface area contributed by atoms with Crippen molar-refractivity contribution < 1.29 is 14.0 Å². The first-order valence-corrected chi connectivity index (χ1v) is 13.9. The van der Waals surface area contributed by atoms with Gasteiger partial charge in [-0.1, -0.05) is 19.1 Å². The summed E-state index contributed by atoms with van der Waals surface area (Å²) in [5, 5.41) is 4.04. The summed E-state index contributed by atoms with van der Waals surface area (Å²) in [5.74, 6) is 6.00. The fourth-order valence-corrected chi connectivity index (χ4v) is 4.09. The Labute approximate surface area is 238 Å². The van der Waals surface area contributed by atoms with Crippen molar-refractivity contribution in [3.8, 4) is 0 Å². The molecule has 0 radical (unpaired) electrons. The van der Waals surface area contributed by atoms with Gasteiger partial charge in [-0.25, -0.2) is 10.2 Å². The predicted molar refractivity (Wildman–Crippen MR) is 160 cm³/mol. The Kier molecular flexibility index (Phi) is 13.6. The van der Waals surface area contributed by atoms with Gasteiger partial charge in [-0.2, -0.15) is 0 Å². The molecule has 1 saturated heterocycles. The molecule has 40 heavy (non-hydrogen) atoms. The van der Waals surface area contributed by atoms with Crippen LogP contribution in [0.5, 0.6) is 0 Å². The smallest absolute Gasteiger partial charge is 0.251 e. The van der Waals surface area contributed by atoms with Gasteiger partial charge in [0.2, 0.25) is 5.91 Å². The summed E-state index contributed by atoms with van der Waals surface area (Å²) in [4.78, 5) is 28.7. The number of hydrogen-bond donors (Lipinski definition) is 4. The summed E-state index contributed by atoms with van der Waals surface area (Å²) in [5.41, 5.74) is 12.8. The number of benzene rings is 2. The average Bonchev–Trinajstić information content (AvgIpc) is 3.81. The first-order chi connectivity index (χ1) is 19.1. The molecule has 1 aliphatic heterocycles. The molecule has 220 valence electrons. The van der Waals surface area contributed by atoms with Crippen molar-refractivity contribution in [2.24, 2.45) is 17.3 Å². The Morgan fingerprint density at radius 3 is 2.08 bits per heavy atom. The molecule has 2 unspecified atom stereocenters. The van der Waals surface area contributed by atoms with Crippen molar-refractivity contribution in [1.82, 2.24) is 15.1 Å². The Balaban J connectivity index is 0.000000325. The summed E-state index contributed by atoms with van der Waals surface area (Å²) in [6, 6.07) is 14.2. The number of hydrogen-bond acceptors (Lipinski definition) is 7. The molecule has 0 aromatic heterocycles. The van der Waals surface area contributed by atoms with E-state index in [2.05, 4.69) is 38.0 Å². The third-order valence-corrected chi connectivity index (χ3v) is 6.99. The lowest BCUT2D eigenvalue weighted by Crippen LogP contribution is -2.57. The molecule has 4 rings (SSSR count). The summed E-state index contributed by atoms with van der Waals surface area (Å²) in [6.45, 7) is 8.40. The van der Waals surface area contributed by atoms with Gasteiger partial charge in [-0.3, -0.25) is 19.5 Å². The van der Waals surface area contributed by atoms with Crippen LogP contribution in [0.25, 0.3) is 0 Å². The topological polar surface area (TPSA) is 134 Å². The fourth-order valence-electron chi connectivity index (χ4n) is 4.09. The SMILES string of the molecule is CC1CN(C(=O)CNC(=O)c2ccc(N(N)/C=C\N)cc2)CC(C)N1C.CCCN.Fc1ccc(C2CC2)cc1. The number of carbonyl (C=O) groups is 2. The molecular formula is C30H46FN7O2. The van der Waals surface area contributed by atoms with Gasteiger partial charge < -0.3 is 21.7 Å². The van der Waals surface area contributed by atoms with Crippen molar-refractivity contribution in [2.75, 3.05) is 38.2 Å². The minimum Gasteiger partial charge on any atom is -0.403 e. The Bertz CT molecular complexity index is 1060. The van der Waals surface area contributed by atoms with Crippen molar-refractivity contribution >= 4 is 17.5 Å². The van der Waals surface area contributed by atoms with E-state index in [0.29, 0.717) is 36.4 Å². The number of nitrogens with two attached hydrogens (primary N) is 3. The molecule has 2 amide bonds. The first-order valence-electron chi connectivity index (χ1n) is 13.9. The minimum absolute atomic E-state index is 0.0112. The predicted octanol–water partition coefficient (Wildman–Crippen LogP) is 3.14. The number of hydrazine groups is 1. The lowest BCUT2D eigenvalue weighted by molar-refractivity contribution is -0.134. The van der Waals surface area contributed by atoms with E-state index >= 15 is 0 Å². The highest BCUT2D eigenvalue weighted by Crippen LogP contribution is 2.39. The minimum atomic E-state index is -0.293. The van der Waals surface area contributed by atoms with Gasteiger partial charge in [0.1, 0.15) is 5.82 Å². The monoisotopic (exact) mass is 555 g/mol. The summed E-state index contributed by atoms with van der Waals surface area (Å²) >= 11 is 0. The summed E-state index contributed by atoms with van der Waals surface area (Å²) in [7, 11) is 2.06. The third kappa shape index (κ3) is 10.6. The van der Waals surface area contributed by atoms with Crippen LogP contribution >= 0.6 is 0 Å². The molecule has 9 nitrogen and oxygen atoms in total. The molecular weight excluding hydrogens is 509 g/mol. The van der Waals surface area contributed by atoms with E-state index in [4.69, 9.17) is 17.3 Å². The molecule has 1 saturated carbocycles. The van der Waals surface area contributed by atoms with Crippen LogP contribution < -0.4 is 27.6 Å². The van der Waals surface area contributed by atoms with Gasteiger partial charge in [0, 0.05) is 43.1 Å². The van der Waals surface area contributed by atoms with E-state index in [1.807, 2.05) is 17.0 Å². The number of anilines is 1. The average molecular weight is 556 g/mol. The van der Waals surface area contributed by atoms with E-state index in [1.165, 1.54) is 47.9 Å². The standard InChI is InChI=1S/C18H28N6O2.C9H9F.C3H9N/c1-13-11-23(12-14(2)22(13)3)17(25)10-21-18(26)15-4-6-16(7-5-15)24(20)9-8-19;10-9-5-3-8(4-6-9)7-1-2-7;1-2-3-4/h4-9,13-14H,10-12,19-20H2,1-3H3,(H,21,26);3-7H,1-2H2;2-4H2,1H3/b9-8-;;. The second kappa shape index (κ2) is 16.6. The molecule has 1 aliphatic carbocycles. The van der Waals surface area contributed by atoms with Crippen molar-refractivity contribution in [3.63, 3.8) is 0 Å². The van der Waals surface area contributed by atoms with Crippen LogP contribution in [0.3, 0.4) is 0 Å². The second-order valence-corrected chi connectivity index (χ2v) is 10.3. The quantitative estimate of drug-likeness (QED) is 0.305. The maximum Gasteiger partial charge on any atom is 0.251 e. The van der Waals surface area contributed by atoms with Crippen molar-refractivity contribution in [2.45, 2.75) is 58.0 Å². The number of nitrogens with zero attached hydrogens (tertiary/aromatic N) is 3. The van der Waals surface area contributed by atoms with Gasteiger partial charge in [-0.05, 0) is 94.6 Å². The maximum absolute atomic E-state index is 12.4. The highest BCUT2D eigenvalue weighted by molar-refractivity contribution is 5.96. The molecule has 0 bridgehead atoms. The zero-order valence-electron chi connectivity index (χ0n) is 24.2. The summed E-state index contributed by atoms with van der Waals surface area (Å²) in [6.07, 6.45) is 6.50. The fraction of sp³-hybridized carbons (Fsp3) is 0.467. The largest absolute Gasteiger partial charge is 0.403 e. The van der Waals surface area contributed by atoms with E-state index < -0.39 is 0 Å². The van der Waals surface area contributed by atoms with E-state index in [1.54, 1.807) is 24.3 Å². The number of halogens is 1. The van der Waals surface area contributed by atoms with Crippen LogP contribution in [0.15, 0.2) is 60.9 Å². The Morgan fingerprint density at radius 2 is 1.60 bits per heavy atom. The number of likely N-dealkylation sites (N-methyl/N-ethyl adjacent to an activating group) is 1. The van der Waals surface area contributed by atoms with Crippen LogP contribution in [0, 0.1) is 5.82 Å². The number of carbonyl (C=O) groups excluding carboxylic acids is 2. The molecule has 2 fully saturated rings. The molecule has 2 atom stereocenters. The Hall–Kier alpha value is -3.47. The van der Waals surface area contributed by atoms with Crippen LogP contribution in [0.4, 0.5) is 10.1 Å². The number of rotatable bonds is 7. The molecule has 7 N–H and O–H groups in total. The third-order valence-electron chi connectivity index (χ3n) is 6.99. The molecule has 2 aromatic carbocycles. The normalized spacial score (nSPS) is 18.7. The zero-order valence-corrected chi connectivity index (χ0v) is 24.2. The maximum atomic E-state index is 12.4. The highest BCUT2D eigenvalue weighted by atomic mass is 19.1. The van der Waals surface area contributed by atoms with Crippen LogP contribution in [0.1, 0.15) is 61.9 Å². The van der Waals surface area contributed by atoms with Gasteiger partial charge >= 0.3 is 0 Å². The van der Waals surface area contributed by atoms with Crippen molar-refractivity contribution in [3.05, 3.63) is 77.9 Å². The highest BCUT2D eigenvalue weighted by Gasteiger charge is 2.29. The van der Waals surface area contributed by atoms with Crippen LogP contribution in [0.2, 0.25) is 0 Å². The van der Waals surface area contributed by atoms with Gasteiger partial charge in [0.05, 0.1) is 12.2 Å². The molecule has 2 aromatic rings. The number of piperazine rings is 1. The zero-order chi connectivity index (χ0) is 29.7. The van der Waals surface area contributed by atoms with Gasteiger partial charge in [0.25, 0.3) is 5.91 Å². The summed E-state index contributed by atoms with van der Waals surface area (Å²) < 4.78 is 12.4. The first kappa shape index (κ1) is 32.7. The molecule has 0 spiro atoms. The Morgan fingerprint density at radius 1 is 1.05 bits per heavy atom. The van der Waals surface area contributed by atoms with E-state index in [0.717, 1.165) is 18.9 Å². The molecule has 2 aliphatic rings. The van der Waals surface area contributed by atoms with Gasteiger partial charge in [0.15, 0.2) is 0 Å². The van der Waals surface area contributed by atoms with Gasteiger partial charge in [-0.15, -0.1) is 0 Å². The lowest BCUT2D eigenvalue weighted by Gasteiger charge is -2.42. The van der Waals surface area contributed by atoms with Crippen LogP contribution in [-0.2, 0) is 4.79 Å². The molecule has 10 heteroatoms. The van der Waals surface area contributed by atoms with E-state index in [9.17, 15) is 14.0 Å². The number of amides is 2. The van der Waals surface area contributed by atoms with E-state index in [-0.39, 0.29) is 24.2 Å². The number of nitrogens with one attached hydrogen (secondary N) is 1. The lowest BCUT2D eigenvalue weighted by atomic mass is 10.1.